The van der Waals surface area contributed by atoms with Gasteiger partial charge in [0.15, 0.2) is 11.5 Å². The van der Waals surface area contributed by atoms with E-state index in [1.54, 1.807) is 6.07 Å². The second kappa shape index (κ2) is 10.3. The largest absolute Gasteiger partial charge is 0.493 e. The number of carbonyl (C=O) groups is 2. The highest BCUT2D eigenvalue weighted by Gasteiger charge is 2.17. The number of nitro groups is 1. The number of hydrazine groups is 1. The number of nitrogens with one attached hydrogen (secondary N) is 2. The van der Waals surface area contributed by atoms with Crippen LogP contribution in [0, 0.1) is 10.1 Å². The molecule has 0 aliphatic carbocycles. The number of carbonyl (C=O) groups excluding carboxylic acids is 2. The van der Waals surface area contributed by atoms with E-state index < -0.39 is 16.7 Å². The van der Waals surface area contributed by atoms with Gasteiger partial charge in [0.05, 0.1) is 19.1 Å². The number of methoxy groups -OCH3 is 2. The minimum atomic E-state index is -0.607. The minimum Gasteiger partial charge on any atom is -0.493 e. The fourth-order valence-corrected chi connectivity index (χ4v) is 2.92. The molecule has 11 heteroatoms. The Kier molecular flexibility index (Phi) is 7.31. The lowest BCUT2D eigenvalue weighted by Gasteiger charge is -2.11. The number of benzene rings is 3. The highest BCUT2D eigenvalue weighted by molar-refractivity contribution is 6.30. The van der Waals surface area contributed by atoms with Crippen LogP contribution in [0.15, 0.2) is 60.7 Å². The molecule has 2 N–H and O–H groups in total. The van der Waals surface area contributed by atoms with Crippen LogP contribution >= 0.6 is 11.6 Å². The van der Waals surface area contributed by atoms with Crippen molar-refractivity contribution < 1.29 is 28.7 Å². The third-order valence-corrected chi connectivity index (χ3v) is 4.63. The van der Waals surface area contributed by atoms with Gasteiger partial charge in [0.25, 0.3) is 11.8 Å². The molecule has 3 rings (SSSR count). The van der Waals surface area contributed by atoms with Gasteiger partial charge in [0, 0.05) is 22.2 Å². The highest BCUT2D eigenvalue weighted by Crippen LogP contribution is 2.33. The predicted octanol–water partition coefficient (Wildman–Crippen LogP) is 4.13. The second-order valence-electron chi connectivity index (χ2n) is 6.47. The monoisotopic (exact) mass is 471 g/mol. The Morgan fingerprint density at radius 3 is 2.00 bits per heavy atom. The number of rotatable bonds is 7. The summed E-state index contributed by atoms with van der Waals surface area (Å²) in [6.45, 7) is 0. The van der Waals surface area contributed by atoms with Crippen LogP contribution in [-0.2, 0) is 0 Å². The molecule has 170 valence electrons. The second-order valence-corrected chi connectivity index (χ2v) is 6.91. The molecule has 0 saturated heterocycles. The summed E-state index contributed by atoms with van der Waals surface area (Å²) in [6.07, 6.45) is 0. The number of amides is 2. The van der Waals surface area contributed by atoms with Crippen LogP contribution < -0.4 is 25.1 Å². The summed E-state index contributed by atoms with van der Waals surface area (Å²) < 4.78 is 15.8. The van der Waals surface area contributed by atoms with E-state index in [2.05, 4.69) is 10.9 Å². The van der Waals surface area contributed by atoms with E-state index in [9.17, 15) is 19.7 Å². The molecule has 10 nitrogen and oxygen atoms in total. The number of halogens is 1. The predicted molar refractivity (Wildman–Crippen MR) is 119 cm³/mol. The quantitative estimate of drug-likeness (QED) is 0.391. The van der Waals surface area contributed by atoms with Crippen molar-refractivity contribution in [1.29, 1.82) is 0 Å². The van der Waals surface area contributed by atoms with Crippen molar-refractivity contribution in [3.63, 3.8) is 0 Å². The molecule has 0 aliphatic rings. The van der Waals surface area contributed by atoms with Crippen molar-refractivity contribution in [3.8, 4) is 23.0 Å². The van der Waals surface area contributed by atoms with Crippen LogP contribution in [0.2, 0.25) is 5.02 Å². The zero-order valence-electron chi connectivity index (χ0n) is 17.5. The molecule has 0 bridgehead atoms. The summed E-state index contributed by atoms with van der Waals surface area (Å²) in [5.41, 5.74) is 4.80. The lowest BCUT2D eigenvalue weighted by Crippen LogP contribution is -2.41. The minimum absolute atomic E-state index is 0.00350. The van der Waals surface area contributed by atoms with Gasteiger partial charge in [-0.15, -0.1) is 0 Å². The Morgan fingerprint density at radius 1 is 0.818 bits per heavy atom. The van der Waals surface area contributed by atoms with Gasteiger partial charge in [-0.25, -0.2) is 0 Å². The van der Waals surface area contributed by atoms with Crippen LogP contribution in [0.4, 0.5) is 5.69 Å². The molecular weight excluding hydrogens is 454 g/mol. The summed E-state index contributed by atoms with van der Waals surface area (Å²) >= 11 is 5.79. The first kappa shape index (κ1) is 23.4. The Labute approximate surface area is 193 Å². The number of hydrogen-bond acceptors (Lipinski definition) is 7. The summed E-state index contributed by atoms with van der Waals surface area (Å²) in [5.74, 6) is -0.0282. The van der Waals surface area contributed by atoms with Crippen LogP contribution in [-0.4, -0.2) is 31.0 Å². The normalized spacial score (nSPS) is 10.2. The molecule has 3 aromatic carbocycles. The molecule has 0 atom stereocenters. The molecule has 0 radical (unpaired) electrons. The van der Waals surface area contributed by atoms with Crippen molar-refractivity contribution in [1.82, 2.24) is 10.9 Å². The first-order valence-electron chi connectivity index (χ1n) is 9.37. The molecule has 33 heavy (non-hydrogen) atoms. The first-order chi connectivity index (χ1) is 15.8. The van der Waals surface area contributed by atoms with Crippen molar-refractivity contribution in [2.45, 2.75) is 0 Å². The smallest absolute Gasteiger partial charge is 0.313 e. The van der Waals surface area contributed by atoms with Gasteiger partial charge in [-0.05, 0) is 54.6 Å². The maximum Gasteiger partial charge on any atom is 0.313 e. The summed E-state index contributed by atoms with van der Waals surface area (Å²) in [6, 6.07) is 14.4. The van der Waals surface area contributed by atoms with E-state index >= 15 is 0 Å². The Hall–Kier alpha value is -4.31. The van der Waals surface area contributed by atoms with Crippen LogP contribution in [0.5, 0.6) is 23.0 Å². The standard InChI is InChI=1S/C22H18ClN3O7/c1-31-19-9-5-14(11-20(19)32-2)22(28)25-24-21(27)13-3-7-16(8-4-13)33-18-10-6-15(23)12-17(18)26(29)30/h3-12H,1-2H3,(H,24,27)(H,25,28). The summed E-state index contributed by atoms with van der Waals surface area (Å²) in [7, 11) is 2.92. The van der Waals surface area contributed by atoms with Crippen LogP contribution in [0.3, 0.4) is 0 Å². The maximum absolute atomic E-state index is 12.3. The van der Waals surface area contributed by atoms with Crippen LogP contribution in [0.1, 0.15) is 20.7 Å². The average Bonchev–Trinajstić information content (AvgIpc) is 2.83. The van der Waals surface area contributed by atoms with Crippen LogP contribution in [0.25, 0.3) is 0 Å². The van der Waals surface area contributed by atoms with E-state index in [4.69, 9.17) is 25.8 Å². The van der Waals surface area contributed by atoms with Crippen molar-refractivity contribution >= 4 is 29.1 Å². The van der Waals surface area contributed by atoms with Crippen molar-refractivity contribution in [3.05, 3.63) is 86.9 Å². The molecular formula is C22H18ClN3O7. The van der Waals surface area contributed by atoms with Gasteiger partial charge in [-0.3, -0.25) is 30.6 Å². The van der Waals surface area contributed by atoms with Gasteiger partial charge in [-0.2, -0.15) is 0 Å². The zero-order chi connectivity index (χ0) is 24.0. The van der Waals surface area contributed by atoms with Crippen molar-refractivity contribution in [2.24, 2.45) is 0 Å². The topological polar surface area (TPSA) is 129 Å². The third-order valence-electron chi connectivity index (χ3n) is 4.40. The molecule has 2 amide bonds. The third kappa shape index (κ3) is 5.69. The Bertz CT molecular complexity index is 1200. The average molecular weight is 472 g/mol. The summed E-state index contributed by atoms with van der Waals surface area (Å²) in [5, 5.41) is 11.4. The molecule has 0 aliphatic heterocycles. The number of nitro benzene ring substituents is 1. The Balaban J connectivity index is 1.63. The van der Waals surface area contributed by atoms with Gasteiger partial charge < -0.3 is 14.2 Å². The van der Waals surface area contributed by atoms with E-state index in [1.807, 2.05) is 0 Å². The first-order valence-corrected chi connectivity index (χ1v) is 9.74. The highest BCUT2D eigenvalue weighted by atomic mass is 35.5. The van der Waals surface area contributed by atoms with Gasteiger partial charge in [-0.1, -0.05) is 11.6 Å². The van der Waals surface area contributed by atoms with Crippen molar-refractivity contribution in [2.75, 3.05) is 14.2 Å². The zero-order valence-corrected chi connectivity index (χ0v) is 18.2. The van der Waals surface area contributed by atoms with E-state index in [0.717, 1.165) is 0 Å². The lowest BCUT2D eigenvalue weighted by atomic mass is 10.2. The van der Waals surface area contributed by atoms with Gasteiger partial charge >= 0.3 is 5.69 Å². The molecule has 3 aromatic rings. The van der Waals surface area contributed by atoms with E-state index in [0.29, 0.717) is 11.5 Å². The number of hydrogen-bond donors (Lipinski definition) is 2. The molecule has 0 aromatic heterocycles. The fourth-order valence-electron chi connectivity index (χ4n) is 2.76. The lowest BCUT2D eigenvalue weighted by molar-refractivity contribution is -0.385. The van der Waals surface area contributed by atoms with E-state index in [1.165, 1.54) is 68.8 Å². The van der Waals surface area contributed by atoms with Gasteiger partial charge in [0.1, 0.15) is 5.75 Å². The Morgan fingerprint density at radius 2 is 1.39 bits per heavy atom. The fraction of sp³-hybridized carbons (Fsp3) is 0.0909. The SMILES string of the molecule is COc1ccc(C(=O)NNC(=O)c2ccc(Oc3ccc(Cl)cc3[N+](=O)[O-])cc2)cc1OC. The number of ether oxygens (including phenoxy) is 3. The molecule has 0 unspecified atom stereocenters. The van der Waals surface area contributed by atoms with E-state index in [-0.39, 0.29) is 33.3 Å². The molecule has 0 saturated carbocycles. The molecule has 0 fully saturated rings. The van der Waals surface area contributed by atoms with Gasteiger partial charge in [0.2, 0.25) is 5.75 Å². The molecule has 0 heterocycles. The number of nitrogens with zero attached hydrogens (tertiary/aromatic N) is 1. The maximum atomic E-state index is 12.3. The summed E-state index contributed by atoms with van der Waals surface area (Å²) in [4.78, 5) is 35.2. The molecule has 0 spiro atoms.